The number of hydrogen-bond donors (Lipinski definition) is 1. The molecule has 0 aliphatic rings. The second kappa shape index (κ2) is 5.95. The first-order valence-electron chi connectivity index (χ1n) is 6.17. The van der Waals surface area contributed by atoms with Crippen molar-refractivity contribution >= 4 is 17.0 Å². The van der Waals surface area contributed by atoms with Gasteiger partial charge in [0.2, 0.25) is 0 Å². The average Bonchev–Trinajstić information content (AvgIpc) is 2.88. The molecule has 0 spiro atoms. The molecule has 5 heteroatoms. The van der Waals surface area contributed by atoms with E-state index in [1.807, 2.05) is 0 Å². The van der Waals surface area contributed by atoms with Crippen LogP contribution < -0.4 is 5.73 Å². The molecule has 0 saturated carbocycles. The van der Waals surface area contributed by atoms with E-state index in [2.05, 4.69) is 19.1 Å². The number of benzene rings is 1. The molecule has 4 nitrogen and oxygen atoms in total. The van der Waals surface area contributed by atoms with Gasteiger partial charge < -0.3 is 5.73 Å². The van der Waals surface area contributed by atoms with Gasteiger partial charge in [0.15, 0.2) is 0 Å². The summed E-state index contributed by atoms with van der Waals surface area (Å²) in [6, 6.07) is 10.7. The van der Waals surface area contributed by atoms with Crippen LogP contribution in [0.15, 0.2) is 36.4 Å². The van der Waals surface area contributed by atoms with Gasteiger partial charge in [0.1, 0.15) is 0 Å². The number of hydrogen-bond acceptors (Lipinski definition) is 4. The molecule has 2 N–H and O–H groups in total. The monoisotopic (exact) mass is 276 g/mol. The first kappa shape index (κ1) is 13.7. The number of nitrogens with zero attached hydrogens (tertiary/aromatic N) is 1. The Labute approximate surface area is 116 Å². The topological polar surface area (TPSA) is 69.2 Å². The molecular weight excluding hydrogens is 260 g/mol. The number of nitrogens with two attached hydrogens (primary N) is 1. The number of thiophene rings is 1. The lowest BCUT2D eigenvalue weighted by Crippen LogP contribution is -2.11. The fourth-order valence-corrected chi connectivity index (χ4v) is 2.85. The highest BCUT2D eigenvalue weighted by Crippen LogP contribution is 2.25. The summed E-state index contributed by atoms with van der Waals surface area (Å²) in [5.41, 5.74) is 7.30. The van der Waals surface area contributed by atoms with Gasteiger partial charge in [-0.25, -0.2) is 0 Å². The molecule has 0 aliphatic heterocycles. The molecule has 1 atom stereocenters. The molecule has 1 aromatic carbocycles. The molecule has 1 unspecified atom stereocenters. The molecule has 0 radical (unpaired) electrons. The molecule has 0 saturated heterocycles. The van der Waals surface area contributed by atoms with Crippen LogP contribution in [0, 0.1) is 10.1 Å². The summed E-state index contributed by atoms with van der Waals surface area (Å²) in [6.45, 7) is 2.12. The third-order valence-corrected chi connectivity index (χ3v) is 4.36. The van der Waals surface area contributed by atoms with E-state index >= 15 is 0 Å². The highest BCUT2D eigenvalue weighted by Gasteiger charge is 2.11. The van der Waals surface area contributed by atoms with Crippen molar-refractivity contribution < 1.29 is 4.92 Å². The second-order valence-corrected chi connectivity index (χ2v) is 5.59. The Kier molecular flexibility index (Phi) is 4.29. The molecule has 1 aromatic heterocycles. The van der Waals surface area contributed by atoms with Gasteiger partial charge in [-0.05, 0) is 30.5 Å². The Bertz CT molecular complexity index is 563. The van der Waals surface area contributed by atoms with E-state index < -0.39 is 4.92 Å². The fourth-order valence-electron chi connectivity index (χ4n) is 1.89. The lowest BCUT2D eigenvalue weighted by Gasteiger charge is -2.09. The van der Waals surface area contributed by atoms with Crippen molar-refractivity contribution in [3.63, 3.8) is 0 Å². The van der Waals surface area contributed by atoms with Crippen LogP contribution in [0.3, 0.4) is 0 Å². The fraction of sp³-hybridized carbons (Fsp3) is 0.286. The van der Waals surface area contributed by atoms with Crippen molar-refractivity contribution in [1.29, 1.82) is 0 Å². The minimum Gasteiger partial charge on any atom is -0.323 e. The van der Waals surface area contributed by atoms with Crippen molar-refractivity contribution in [2.24, 2.45) is 5.73 Å². The standard InChI is InChI=1S/C14H16N2O2S/c1-2-12-7-8-14(19-12)13(15)9-10-3-5-11(6-4-10)16(17)18/h3-8,13H,2,9,15H2,1H3. The van der Waals surface area contributed by atoms with Crippen molar-refractivity contribution in [1.82, 2.24) is 0 Å². The SMILES string of the molecule is CCc1ccc(C(N)Cc2ccc([N+](=O)[O-])cc2)s1. The Morgan fingerprint density at radius 2 is 1.95 bits per heavy atom. The van der Waals surface area contributed by atoms with E-state index in [4.69, 9.17) is 5.73 Å². The molecule has 0 amide bonds. The summed E-state index contributed by atoms with van der Waals surface area (Å²) in [5, 5.41) is 10.6. The minimum atomic E-state index is -0.392. The normalized spacial score (nSPS) is 12.3. The van der Waals surface area contributed by atoms with E-state index in [1.54, 1.807) is 23.5 Å². The zero-order chi connectivity index (χ0) is 13.8. The summed E-state index contributed by atoms with van der Waals surface area (Å²) in [5.74, 6) is 0. The minimum absolute atomic E-state index is 0.0493. The van der Waals surface area contributed by atoms with Crippen molar-refractivity contribution in [2.45, 2.75) is 25.8 Å². The highest BCUT2D eigenvalue weighted by atomic mass is 32.1. The maximum Gasteiger partial charge on any atom is 0.269 e. The highest BCUT2D eigenvalue weighted by molar-refractivity contribution is 7.12. The van der Waals surface area contributed by atoms with E-state index in [0.29, 0.717) is 6.42 Å². The van der Waals surface area contributed by atoms with Crippen LogP contribution >= 0.6 is 11.3 Å². The van der Waals surface area contributed by atoms with Gasteiger partial charge in [-0.15, -0.1) is 11.3 Å². The summed E-state index contributed by atoms with van der Waals surface area (Å²) >= 11 is 1.74. The maximum absolute atomic E-state index is 10.6. The maximum atomic E-state index is 10.6. The number of rotatable bonds is 5. The van der Waals surface area contributed by atoms with Crippen LogP contribution in [0.25, 0.3) is 0 Å². The molecule has 2 aromatic rings. The van der Waals surface area contributed by atoms with Crippen molar-refractivity contribution in [2.75, 3.05) is 0 Å². The van der Waals surface area contributed by atoms with Gasteiger partial charge in [0.25, 0.3) is 5.69 Å². The Balaban J connectivity index is 2.05. The van der Waals surface area contributed by atoms with E-state index in [9.17, 15) is 10.1 Å². The molecule has 0 fully saturated rings. The third-order valence-electron chi connectivity index (χ3n) is 3.00. The zero-order valence-electron chi connectivity index (χ0n) is 10.7. The molecule has 0 bridgehead atoms. The summed E-state index contributed by atoms with van der Waals surface area (Å²) < 4.78 is 0. The van der Waals surface area contributed by atoms with Crippen molar-refractivity contribution in [3.05, 3.63) is 61.8 Å². The van der Waals surface area contributed by atoms with Gasteiger partial charge in [-0.3, -0.25) is 10.1 Å². The average molecular weight is 276 g/mol. The quantitative estimate of drug-likeness (QED) is 0.671. The Morgan fingerprint density at radius 3 is 2.47 bits per heavy atom. The summed E-state index contributed by atoms with van der Waals surface area (Å²) in [7, 11) is 0. The molecule has 1 heterocycles. The van der Waals surface area contributed by atoms with Gasteiger partial charge in [0, 0.05) is 27.9 Å². The Morgan fingerprint density at radius 1 is 1.26 bits per heavy atom. The zero-order valence-corrected chi connectivity index (χ0v) is 11.5. The van der Waals surface area contributed by atoms with Crippen LogP contribution in [-0.4, -0.2) is 4.92 Å². The van der Waals surface area contributed by atoms with Crippen LogP contribution in [0.2, 0.25) is 0 Å². The number of nitro benzene ring substituents is 1. The van der Waals surface area contributed by atoms with Crippen LogP contribution in [-0.2, 0) is 12.8 Å². The third kappa shape index (κ3) is 3.39. The Hall–Kier alpha value is -1.72. The van der Waals surface area contributed by atoms with Gasteiger partial charge in [-0.2, -0.15) is 0 Å². The smallest absolute Gasteiger partial charge is 0.269 e. The predicted octanol–water partition coefficient (Wildman–Crippen LogP) is 3.46. The number of aryl methyl sites for hydroxylation is 1. The largest absolute Gasteiger partial charge is 0.323 e. The van der Waals surface area contributed by atoms with Crippen LogP contribution in [0.5, 0.6) is 0 Å². The number of nitro groups is 1. The van der Waals surface area contributed by atoms with Gasteiger partial charge >= 0.3 is 0 Å². The molecule has 100 valence electrons. The van der Waals surface area contributed by atoms with Gasteiger partial charge in [-0.1, -0.05) is 19.1 Å². The summed E-state index contributed by atoms with van der Waals surface area (Å²) in [6.07, 6.45) is 1.72. The van der Waals surface area contributed by atoms with E-state index in [1.165, 1.54) is 17.0 Å². The summed E-state index contributed by atoms with van der Waals surface area (Å²) in [4.78, 5) is 12.7. The molecular formula is C14H16N2O2S. The van der Waals surface area contributed by atoms with E-state index in [-0.39, 0.29) is 11.7 Å². The van der Waals surface area contributed by atoms with E-state index in [0.717, 1.165) is 16.9 Å². The van der Waals surface area contributed by atoms with Crippen molar-refractivity contribution in [3.8, 4) is 0 Å². The first-order chi connectivity index (χ1) is 9.10. The van der Waals surface area contributed by atoms with Crippen LogP contribution in [0.4, 0.5) is 5.69 Å². The number of non-ortho nitro benzene ring substituents is 1. The van der Waals surface area contributed by atoms with Crippen LogP contribution in [0.1, 0.15) is 28.3 Å². The lowest BCUT2D eigenvalue weighted by atomic mass is 10.1. The molecule has 19 heavy (non-hydrogen) atoms. The first-order valence-corrected chi connectivity index (χ1v) is 6.99. The van der Waals surface area contributed by atoms with Gasteiger partial charge in [0.05, 0.1) is 4.92 Å². The molecule has 2 rings (SSSR count). The molecule has 0 aliphatic carbocycles. The second-order valence-electron chi connectivity index (χ2n) is 4.39. The predicted molar refractivity (Wildman–Crippen MR) is 77.4 cm³/mol. The lowest BCUT2D eigenvalue weighted by molar-refractivity contribution is -0.384.